The third-order valence-corrected chi connectivity index (χ3v) is 6.98. The number of fused-ring (bicyclic) bond motifs is 1. The van der Waals surface area contributed by atoms with Gasteiger partial charge in [-0.1, -0.05) is 11.6 Å². The van der Waals surface area contributed by atoms with Crippen molar-refractivity contribution >= 4 is 33.4 Å². The SMILES string of the molecule is CNCCCN1CC[C@@H](CNC(=O)c2cc(Cl)c(Br)c3c2OCCCO3)C(OC)C1. The number of nitrogens with zero attached hydrogens (tertiary/aromatic N) is 1. The van der Waals surface area contributed by atoms with Crippen molar-refractivity contribution in [3.05, 3.63) is 21.1 Å². The van der Waals surface area contributed by atoms with E-state index < -0.39 is 0 Å². The Bertz CT molecular complexity index is 737. The molecule has 1 unspecified atom stereocenters. The summed E-state index contributed by atoms with van der Waals surface area (Å²) in [5, 5.41) is 6.67. The van der Waals surface area contributed by atoms with E-state index in [-0.39, 0.29) is 17.9 Å². The van der Waals surface area contributed by atoms with Crippen LogP contribution >= 0.6 is 27.5 Å². The van der Waals surface area contributed by atoms with E-state index in [2.05, 4.69) is 31.5 Å². The number of halogens is 2. The normalized spacial score (nSPS) is 21.9. The minimum absolute atomic E-state index is 0.0961. The Balaban J connectivity index is 1.62. The molecule has 2 N–H and O–H groups in total. The molecule has 0 radical (unpaired) electrons. The van der Waals surface area contributed by atoms with Crippen molar-refractivity contribution in [2.75, 3.05) is 60.1 Å². The fourth-order valence-corrected chi connectivity index (χ4v) is 4.57. The van der Waals surface area contributed by atoms with E-state index in [0.717, 1.165) is 45.4 Å². The summed E-state index contributed by atoms with van der Waals surface area (Å²) in [6.45, 7) is 5.54. The summed E-state index contributed by atoms with van der Waals surface area (Å²) in [5.74, 6) is 0.998. The average Bonchev–Trinajstić information content (AvgIpc) is 3.01. The molecule has 3 rings (SSSR count). The molecular weight excluding hydrogens is 474 g/mol. The number of benzene rings is 1. The van der Waals surface area contributed by atoms with Gasteiger partial charge in [-0.3, -0.25) is 4.79 Å². The van der Waals surface area contributed by atoms with Crippen LogP contribution in [0.25, 0.3) is 0 Å². The molecule has 30 heavy (non-hydrogen) atoms. The number of piperidine rings is 1. The predicted octanol–water partition coefficient (Wildman–Crippen LogP) is 2.94. The highest BCUT2D eigenvalue weighted by molar-refractivity contribution is 9.10. The Hall–Kier alpha value is -1.06. The van der Waals surface area contributed by atoms with Crippen LogP contribution in [-0.4, -0.2) is 77.0 Å². The molecule has 2 atom stereocenters. The van der Waals surface area contributed by atoms with Gasteiger partial charge in [-0.15, -0.1) is 0 Å². The molecule has 7 nitrogen and oxygen atoms in total. The van der Waals surface area contributed by atoms with Gasteiger partial charge in [0, 0.05) is 32.5 Å². The van der Waals surface area contributed by atoms with Crippen molar-refractivity contribution in [2.24, 2.45) is 5.92 Å². The summed E-state index contributed by atoms with van der Waals surface area (Å²) in [6, 6.07) is 1.63. The molecule has 1 amide bonds. The number of rotatable bonds is 8. The van der Waals surface area contributed by atoms with E-state index in [1.165, 1.54) is 0 Å². The summed E-state index contributed by atoms with van der Waals surface area (Å²) < 4.78 is 17.9. The number of ether oxygens (including phenoxy) is 3. The third kappa shape index (κ3) is 5.79. The summed E-state index contributed by atoms with van der Waals surface area (Å²) >= 11 is 9.76. The van der Waals surface area contributed by atoms with Gasteiger partial charge in [0.1, 0.15) is 0 Å². The standard InChI is InChI=1S/C21H31BrClN3O4/c1-24-6-3-7-26-8-5-14(17(13-26)28-2)12-25-21(27)15-11-16(23)18(22)20-19(15)29-9-4-10-30-20/h11,14,17,24H,3-10,12-13H2,1-2H3,(H,25,27)/t14-,17?/m0/s1. The minimum Gasteiger partial charge on any atom is -0.489 e. The lowest BCUT2D eigenvalue weighted by atomic mass is 9.93. The van der Waals surface area contributed by atoms with E-state index >= 15 is 0 Å². The second-order valence-electron chi connectivity index (χ2n) is 7.72. The Labute approximate surface area is 191 Å². The highest BCUT2D eigenvalue weighted by atomic mass is 79.9. The first-order chi connectivity index (χ1) is 14.5. The molecule has 168 valence electrons. The molecule has 0 spiro atoms. The van der Waals surface area contributed by atoms with E-state index in [0.29, 0.717) is 46.3 Å². The van der Waals surface area contributed by atoms with Gasteiger partial charge in [-0.05, 0) is 61.5 Å². The molecule has 2 heterocycles. The first-order valence-corrected chi connectivity index (χ1v) is 11.7. The molecule has 0 aromatic heterocycles. The van der Waals surface area contributed by atoms with Crippen molar-refractivity contribution < 1.29 is 19.0 Å². The molecular formula is C21H31BrClN3O4. The van der Waals surface area contributed by atoms with Gasteiger partial charge in [0.15, 0.2) is 11.5 Å². The molecule has 1 aromatic rings. The molecule has 2 aliphatic heterocycles. The zero-order valence-electron chi connectivity index (χ0n) is 17.6. The van der Waals surface area contributed by atoms with Crippen LogP contribution in [0.2, 0.25) is 5.02 Å². The monoisotopic (exact) mass is 503 g/mol. The number of hydrogen-bond donors (Lipinski definition) is 2. The first kappa shape index (κ1) is 23.6. The zero-order chi connectivity index (χ0) is 21.5. The van der Waals surface area contributed by atoms with Crippen LogP contribution in [0.15, 0.2) is 10.5 Å². The molecule has 1 aromatic carbocycles. The number of likely N-dealkylation sites (tertiary alicyclic amines) is 1. The Morgan fingerprint density at radius 1 is 1.37 bits per heavy atom. The van der Waals surface area contributed by atoms with Crippen LogP contribution in [0.3, 0.4) is 0 Å². The van der Waals surface area contributed by atoms with E-state index in [9.17, 15) is 4.79 Å². The van der Waals surface area contributed by atoms with Gasteiger partial charge in [-0.2, -0.15) is 0 Å². The van der Waals surface area contributed by atoms with Crippen molar-refractivity contribution in [2.45, 2.75) is 25.4 Å². The molecule has 0 aliphatic carbocycles. The molecule has 0 bridgehead atoms. The number of carbonyl (C=O) groups is 1. The van der Waals surface area contributed by atoms with Crippen LogP contribution in [-0.2, 0) is 4.74 Å². The molecule has 9 heteroatoms. The van der Waals surface area contributed by atoms with E-state index in [1.54, 1.807) is 13.2 Å². The van der Waals surface area contributed by atoms with Crippen molar-refractivity contribution in [3.8, 4) is 11.5 Å². The van der Waals surface area contributed by atoms with Crippen molar-refractivity contribution in [1.82, 2.24) is 15.5 Å². The lowest BCUT2D eigenvalue weighted by Crippen LogP contribution is -2.48. The Morgan fingerprint density at radius 3 is 2.87 bits per heavy atom. The Kier molecular flexibility index (Phi) is 9.07. The summed E-state index contributed by atoms with van der Waals surface area (Å²) in [6.07, 6.45) is 2.95. The maximum absolute atomic E-state index is 13.0. The van der Waals surface area contributed by atoms with Crippen LogP contribution in [0.4, 0.5) is 0 Å². The van der Waals surface area contributed by atoms with Crippen molar-refractivity contribution in [3.63, 3.8) is 0 Å². The van der Waals surface area contributed by atoms with Crippen LogP contribution in [0.5, 0.6) is 11.5 Å². The topological polar surface area (TPSA) is 72.1 Å². The lowest BCUT2D eigenvalue weighted by Gasteiger charge is -2.38. The lowest BCUT2D eigenvalue weighted by molar-refractivity contribution is -0.0105. The third-order valence-electron chi connectivity index (χ3n) is 5.67. The maximum Gasteiger partial charge on any atom is 0.255 e. The highest BCUT2D eigenvalue weighted by Gasteiger charge is 2.30. The van der Waals surface area contributed by atoms with Crippen LogP contribution in [0.1, 0.15) is 29.6 Å². The molecule has 1 fully saturated rings. The number of hydrogen-bond acceptors (Lipinski definition) is 6. The quantitative estimate of drug-likeness (QED) is 0.531. The number of nitrogens with one attached hydrogen (secondary N) is 2. The second-order valence-corrected chi connectivity index (χ2v) is 8.92. The minimum atomic E-state index is -0.211. The van der Waals surface area contributed by atoms with Gasteiger partial charge in [0.2, 0.25) is 0 Å². The van der Waals surface area contributed by atoms with Crippen LogP contribution < -0.4 is 20.1 Å². The molecule has 1 saturated heterocycles. The van der Waals surface area contributed by atoms with Gasteiger partial charge in [-0.25, -0.2) is 0 Å². The highest BCUT2D eigenvalue weighted by Crippen LogP contribution is 2.44. The predicted molar refractivity (Wildman–Crippen MR) is 121 cm³/mol. The largest absolute Gasteiger partial charge is 0.489 e. The first-order valence-electron chi connectivity index (χ1n) is 10.5. The van der Waals surface area contributed by atoms with E-state index in [4.69, 9.17) is 25.8 Å². The van der Waals surface area contributed by atoms with Gasteiger partial charge in [0.05, 0.1) is 34.4 Å². The average molecular weight is 505 g/mol. The van der Waals surface area contributed by atoms with Gasteiger partial charge in [0.25, 0.3) is 5.91 Å². The Morgan fingerprint density at radius 2 is 2.13 bits per heavy atom. The smallest absolute Gasteiger partial charge is 0.255 e. The number of methoxy groups -OCH3 is 1. The summed E-state index contributed by atoms with van der Waals surface area (Å²) in [4.78, 5) is 15.4. The fourth-order valence-electron chi connectivity index (χ4n) is 3.97. The number of carbonyl (C=O) groups excluding carboxylic acids is 1. The summed E-state index contributed by atoms with van der Waals surface area (Å²) in [5.41, 5.74) is 0.401. The van der Waals surface area contributed by atoms with Gasteiger partial charge < -0.3 is 29.7 Å². The second kappa shape index (κ2) is 11.5. The van der Waals surface area contributed by atoms with E-state index in [1.807, 2.05) is 7.05 Å². The fraction of sp³-hybridized carbons (Fsp3) is 0.667. The van der Waals surface area contributed by atoms with Crippen LogP contribution in [0, 0.1) is 5.92 Å². The summed E-state index contributed by atoms with van der Waals surface area (Å²) in [7, 11) is 3.72. The van der Waals surface area contributed by atoms with Crippen molar-refractivity contribution in [1.29, 1.82) is 0 Å². The maximum atomic E-state index is 13.0. The zero-order valence-corrected chi connectivity index (χ0v) is 20.0. The molecule has 2 aliphatic rings. The number of amides is 1. The van der Waals surface area contributed by atoms with Gasteiger partial charge >= 0.3 is 0 Å². The molecule has 0 saturated carbocycles.